The minimum atomic E-state index is -1.17. The van der Waals surface area contributed by atoms with Gasteiger partial charge in [0.25, 0.3) is 17.3 Å². The number of hydrogen-bond acceptors (Lipinski definition) is 11. The fourth-order valence-corrected chi connectivity index (χ4v) is 3.97. The van der Waals surface area contributed by atoms with E-state index >= 15 is 0 Å². The Hall–Kier alpha value is -4.63. The Morgan fingerprint density at radius 3 is 1.62 bits per heavy atom. The Labute approximate surface area is 228 Å². The highest BCUT2D eigenvalue weighted by Crippen LogP contribution is 2.26. The number of anilines is 2. The Morgan fingerprint density at radius 1 is 0.800 bits per heavy atom. The van der Waals surface area contributed by atoms with Crippen molar-refractivity contribution in [2.45, 2.75) is 6.92 Å². The summed E-state index contributed by atoms with van der Waals surface area (Å²) in [5, 5.41) is 33.2. The molecule has 2 N–H and O–H groups in total. The molecule has 0 atom stereocenters. The van der Waals surface area contributed by atoms with Gasteiger partial charge in [0.15, 0.2) is 0 Å². The number of rotatable bonds is 8. The Balaban J connectivity index is 0.000000225. The number of carboxylic acid groups (broad SMARTS) is 1. The second-order valence-corrected chi connectivity index (χ2v) is 8.88. The number of ketones is 1. The van der Waals surface area contributed by atoms with Crippen LogP contribution in [0.25, 0.3) is 0 Å². The van der Waals surface area contributed by atoms with Gasteiger partial charge in [-0.05, 0) is 19.1 Å². The number of nitro benzene ring substituents is 2. The molecule has 4 rings (SSSR count). The minimum Gasteiger partial charge on any atom is -0.478 e. The third-order valence-corrected chi connectivity index (χ3v) is 5.99. The van der Waals surface area contributed by atoms with Gasteiger partial charge < -0.3 is 29.7 Å². The summed E-state index contributed by atoms with van der Waals surface area (Å²) in [7, 11) is 0. The van der Waals surface area contributed by atoms with Gasteiger partial charge in [0, 0.05) is 67.4 Å². The van der Waals surface area contributed by atoms with Gasteiger partial charge in [0.1, 0.15) is 5.78 Å². The maximum Gasteiger partial charge on any atom is 0.336 e. The molecule has 2 aromatic rings. The third-order valence-electron chi connectivity index (χ3n) is 5.99. The number of non-ortho nitro benzene ring substituents is 2. The molecule has 2 aliphatic rings. The van der Waals surface area contributed by atoms with Crippen molar-refractivity contribution in [3.05, 3.63) is 67.8 Å². The molecule has 15 nitrogen and oxygen atoms in total. The lowest BCUT2D eigenvalue weighted by Gasteiger charge is -2.29. The van der Waals surface area contributed by atoms with Gasteiger partial charge in [-0.3, -0.25) is 29.8 Å². The Kier molecular flexibility index (Phi) is 10.4. The molecule has 0 radical (unpaired) electrons. The van der Waals surface area contributed by atoms with Crippen molar-refractivity contribution < 1.29 is 38.8 Å². The van der Waals surface area contributed by atoms with Crippen LogP contribution < -0.4 is 15.1 Å². The summed E-state index contributed by atoms with van der Waals surface area (Å²) in [5.74, 6) is -1.87. The van der Waals surface area contributed by atoms with E-state index in [1.54, 1.807) is 6.07 Å². The van der Waals surface area contributed by atoms with E-state index in [-0.39, 0.29) is 34.8 Å². The van der Waals surface area contributed by atoms with E-state index in [1.165, 1.54) is 31.2 Å². The van der Waals surface area contributed by atoms with E-state index in [9.17, 15) is 34.6 Å². The standard InChI is InChI=1S/C14H17N3O5.C11H12N2O5/c1-10(18)9-15-14(19)11-6-12(8-13(7-11)17(20)21)16-2-4-22-5-3-16;14-11(15)8-5-9(7-10(6-8)13(16)17)12-1-3-18-4-2-12/h6-8H,2-5,9H2,1H3,(H,15,19);5-7H,1-4H2,(H,14,15). The number of benzene rings is 2. The number of hydrogen-bond donors (Lipinski definition) is 2. The molecule has 0 unspecified atom stereocenters. The van der Waals surface area contributed by atoms with Crippen LogP contribution >= 0.6 is 0 Å². The molecule has 0 saturated carbocycles. The first-order valence-corrected chi connectivity index (χ1v) is 12.3. The van der Waals surface area contributed by atoms with Crippen LogP contribution in [0.15, 0.2) is 36.4 Å². The van der Waals surface area contributed by atoms with E-state index in [2.05, 4.69) is 5.32 Å². The number of nitrogens with zero attached hydrogens (tertiary/aromatic N) is 4. The predicted molar refractivity (Wildman–Crippen MR) is 142 cm³/mol. The van der Waals surface area contributed by atoms with Crippen LogP contribution in [-0.4, -0.2) is 91.8 Å². The number of nitrogens with one attached hydrogen (secondary N) is 1. The normalized spacial score (nSPS) is 14.9. The molecule has 214 valence electrons. The number of carbonyl (C=O) groups is 3. The van der Waals surface area contributed by atoms with E-state index in [0.29, 0.717) is 64.0 Å². The van der Waals surface area contributed by atoms with Gasteiger partial charge in [-0.1, -0.05) is 0 Å². The fourth-order valence-electron chi connectivity index (χ4n) is 3.97. The molecule has 0 spiro atoms. The average Bonchev–Trinajstić information content (AvgIpc) is 2.96. The first-order valence-electron chi connectivity index (χ1n) is 12.3. The summed E-state index contributed by atoms with van der Waals surface area (Å²) >= 11 is 0. The molecule has 2 fully saturated rings. The highest BCUT2D eigenvalue weighted by atomic mass is 16.6. The van der Waals surface area contributed by atoms with Crippen molar-refractivity contribution in [3.8, 4) is 0 Å². The lowest BCUT2D eigenvalue weighted by atomic mass is 10.1. The third kappa shape index (κ3) is 8.44. The summed E-state index contributed by atoms with van der Waals surface area (Å²) in [6.07, 6.45) is 0. The zero-order valence-corrected chi connectivity index (χ0v) is 21.7. The van der Waals surface area contributed by atoms with E-state index in [4.69, 9.17) is 14.6 Å². The molecule has 15 heteroatoms. The molecule has 0 bridgehead atoms. The van der Waals surface area contributed by atoms with Crippen LogP contribution in [0.5, 0.6) is 0 Å². The largest absolute Gasteiger partial charge is 0.478 e. The smallest absolute Gasteiger partial charge is 0.336 e. The van der Waals surface area contributed by atoms with Crippen molar-refractivity contribution in [1.82, 2.24) is 5.32 Å². The lowest BCUT2D eigenvalue weighted by molar-refractivity contribution is -0.385. The molecular formula is C25H29N5O10. The van der Waals surface area contributed by atoms with Crippen molar-refractivity contribution in [2.24, 2.45) is 0 Å². The maximum atomic E-state index is 12.0. The number of aromatic carboxylic acids is 1. The summed E-state index contributed by atoms with van der Waals surface area (Å²) in [6, 6.07) is 8.13. The van der Waals surface area contributed by atoms with Gasteiger partial charge in [-0.2, -0.15) is 0 Å². The SMILES string of the molecule is CC(=O)CNC(=O)c1cc(N2CCOCC2)cc([N+](=O)[O-])c1.O=C(O)c1cc(N2CCOCC2)cc([N+](=O)[O-])c1. The van der Waals surface area contributed by atoms with Crippen molar-refractivity contribution in [3.63, 3.8) is 0 Å². The topological polar surface area (TPSA) is 195 Å². The zero-order chi connectivity index (χ0) is 29.2. The van der Waals surface area contributed by atoms with E-state index in [1.807, 2.05) is 9.80 Å². The van der Waals surface area contributed by atoms with Gasteiger partial charge >= 0.3 is 5.97 Å². The first kappa shape index (κ1) is 29.9. The number of Topliss-reactive ketones (excluding diaryl/α,β-unsaturated/α-hetero) is 1. The average molecular weight is 560 g/mol. The van der Waals surface area contributed by atoms with Crippen LogP contribution in [0, 0.1) is 20.2 Å². The summed E-state index contributed by atoms with van der Waals surface area (Å²) in [4.78, 5) is 58.4. The predicted octanol–water partition coefficient (Wildman–Crippen LogP) is 1.88. The second kappa shape index (κ2) is 14.0. The highest BCUT2D eigenvalue weighted by Gasteiger charge is 2.20. The van der Waals surface area contributed by atoms with Crippen LogP contribution in [0.3, 0.4) is 0 Å². The van der Waals surface area contributed by atoms with Crippen molar-refractivity contribution in [1.29, 1.82) is 0 Å². The molecule has 1 amide bonds. The number of amides is 1. The number of ether oxygens (including phenoxy) is 2. The molecule has 2 saturated heterocycles. The maximum absolute atomic E-state index is 12.0. The van der Waals surface area contributed by atoms with Crippen molar-refractivity contribution in [2.75, 3.05) is 69.0 Å². The number of nitro groups is 2. The van der Waals surface area contributed by atoms with Gasteiger partial charge in [-0.15, -0.1) is 0 Å². The number of morpholine rings is 2. The number of carboxylic acids is 1. The van der Waals surface area contributed by atoms with Crippen molar-refractivity contribution >= 4 is 40.4 Å². The Bertz CT molecular complexity index is 1240. The monoisotopic (exact) mass is 559 g/mol. The van der Waals surface area contributed by atoms with Crippen LogP contribution in [0.2, 0.25) is 0 Å². The first-order chi connectivity index (χ1) is 19.0. The molecule has 2 aliphatic heterocycles. The molecule has 40 heavy (non-hydrogen) atoms. The Morgan fingerprint density at radius 2 is 1.23 bits per heavy atom. The van der Waals surface area contributed by atoms with Crippen LogP contribution in [-0.2, 0) is 14.3 Å². The molecule has 2 aromatic carbocycles. The summed E-state index contributed by atoms with van der Waals surface area (Å²) < 4.78 is 10.4. The van der Waals surface area contributed by atoms with Gasteiger partial charge in [-0.25, -0.2) is 4.79 Å². The zero-order valence-electron chi connectivity index (χ0n) is 21.7. The summed E-state index contributed by atoms with van der Waals surface area (Å²) in [6.45, 7) is 5.80. The lowest BCUT2D eigenvalue weighted by Crippen LogP contribution is -2.36. The van der Waals surface area contributed by atoms with E-state index < -0.39 is 21.7 Å². The van der Waals surface area contributed by atoms with Crippen LogP contribution in [0.4, 0.5) is 22.7 Å². The quantitative estimate of drug-likeness (QED) is 0.353. The van der Waals surface area contributed by atoms with Gasteiger partial charge in [0.05, 0.1) is 48.4 Å². The second-order valence-electron chi connectivity index (χ2n) is 8.88. The highest BCUT2D eigenvalue weighted by molar-refractivity contribution is 5.98. The molecular weight excluding hydrogens is 530 g/mol. The molecule has 2 heterocycles. The molecule has 0 aliphatic carbocycles. The van der Waals surface area contributed by atoms with E-state index in [0.717, 1.165) is 6.07 Å². The minimum absolute atomic E-state index is 0.0781. The summed E-state index contributed by atoms with van der Waals surface area (Å²) in [5.41, 5.74) is 0.867. The van der Waals surface area contributed by atoms with Gasteiger partial charge in [0.2, 0.25) is 0 Å². The number of carbonyl (C=O) groups excluding carboxylic acids is 2. The van der Waals surface area contributed by atoms with Crippen LogP contribution in [0.1, 0.15) is 27.6 Å². The fraction of sp³-hybridized carbons (Fsp3) is 0.400. The molecule has 0 aromatic heterocycles.